The maximum Gasteiger partial charge on any atom is 0.118 e. The minimum atomic E-state index is -0.825. The molecule has 0 spiro atoms. The van der Waals surface area contributed by atoms with Gasteiger partial charge in [-0.05, 0) is 13.8 Å². The molecule has 56 valence electrons. The minimum Gasteiger partial charge on any atom is -0.332 e. The quantitative estimate of drug-likeness (QED) is 0.615. The zero-order valence-corrected chi connectivity index (χ0v) is 6.16. The standard InChI is InChI=1S/C7H11FN2/c1-6(8)7(2)10-4-3-9-5-10/h3-7H,1-2H3. The molecule has 3 heteroatoms. The van der Waals surface area contributed by atoms with Crippen LogP contribution in [0.5, 0.6) is 0 Å². The van der Waals surface area contributed by atoms with Gasteiger partial charge in [-0.1, -0.05) is 0 Å². The van der Waals surface area contributed by atoms with E-state index in [-0.39, 0.29) is 6.04 Å². The Morgan fingerprint density at radius 3 is 2.60 bits per heavy atom. The monoisotopic (exact) mass is 142 g/mol. The molecule has 1 aromatic rings. The van der Waals surface area contributed by atoms with Gasteiger partial charge in [0.1, 0.15) is 6.17 Å². The summed E-state index contributed by atoms with van der Waals surface area (Å²) in [6.07, 6.45) is 4.22. The molecule has 1 heterocycles. The zero-order valence-electron chi connectivity index (χ0n) is 6.16. The van der Waals surface area contributed by atoms with Crippen molar-refractivity contribution in [3.63, 3.8) is 0 Å². The molecular weight excluding hydrogens is 131 g/mol. The number of alkyl halides is 1. The summed E-state index contributed by atoms with van der Waals surface area (Å²) >= 11 is 0. The third-order valence-corrected chi connectivity index (χ3v) is 1.66. The van der Waals surface area contributed by atoms with Gasteiger partial charge in [-0.2, -0.15) is 0 Å². The van der Waals surface area contributed by atoms with Crippen LogP contribution in [0, 0.1) is 0 Å². The molecule has 0 radical (unpaired) electrons. The van der Waals surface area contributed by atoms with Crippen molar-refractivity contribution in [3.8, 4) is 0 Å². The fourth-order valence-electron chi connectivity index (χ4n) is 0.748. The van der Waals surface area contributed by atoms with Crippen LogP contribution in [0.4, 0.5) is 4.39 Å². The zero-order chi connectivity index (χ0) is 7.56. The van der Waals surface area contributed by atoms with E-state index in [0.29, 0.717) is 0 Å². The Labute approximate surface area is 59.7 Å². The summed E-state index contributed by atoms with van der Waals surface area (Å²) in [5, 5.41) is 0. The van der Waals surface area contributed by atoms with Crippen LogP contribution in [0.1, 0.15) is 19.9 Å². The van der Waals surface area contributed by atoms with Crippen molar-refractivity contribution < 1.29 is 4.39 Å². The Balaban J connectivity index is 2.68. The Hall–Kier alpha value is -0.860. The first-order valence-electron chi connectivity index (χ1n) is 3.33. The summed E-state index contributed by atoms with van der Waals surface area (Å²) in [5.41, 5.74) is 0. The normalized spacial score (nSPS) is 16.7. The van der Waals surface area contributed by atoms with Crippen LogP contribution in [0.2, 0.25) is 0 Å². The summed E-state index contributed by atoms with van der Waals surface area (Å²) in [6.45, 7) is 3.37. The predicted octanol–water partition coefficient (Wildman–Crippen LogP) is 1.80. The second-order valence-electron chi connectivity index (χ2n) is 2.43. The molecule has 0 aliphatic rings. The van der Waals surface area contributed by atoms with Crippen LogP contribution in [0.3, 0.4) is 0 Å². The predicted molar refractivity (Wildman–Crippen MR) is 37.5 cm³/mol. The SMILES string of the molecule is CC(F)C(C)n1ccnc1. The molecule has 10 heavy (non-hydrogen) atoms. The van der Waals surface area contributed by atoms with E-state index in [4.69, 9.17) is 0 Å². The lowest BCUT2D eigenvalue weighted by Crippen LogP contribution is -2.12. The lowest BCUT2D eigenvalue weighted by atomic mass is 10.2. The Morgan fingerprint density at radius 2 is 2.20 bits per heavy atom. The molecule has 2 unspecified atom stereocenters. The first kappa shape index (κ1) is 7.25. The molecule has 1 rings (SSSR count). The van der Waals surface area contributed by atoms with E-state index < -0.39 is 6.17 Å². The van der Waals surface area contributed by atoms with Gasteiger partial charge < -0.3 is 4.57 Å². The number of hydrogen-bond donors (Lipinski definition) is 0. The molecule has 0 saturated heterocycles. The second kappa shape index (κ2) is 2.82. The lowest BCUT2D eigenvalue weighted by Gasteiger charge is -2.13. The Kier molecular flexibility index (Phi) is 2.04. The molecule has 0 aliphatic carbocycles. The van der Waals surface area contributed by atoms with Crippen LogP contribution in [0.15, 0.2) is 18.7 Å². The van der Waals surface area contributed by atoms with Gasteiger partial charge in [0.15, 0.2) is 0 Å². The van der Waals surface area contributed by atoms with Crippen LogP contribution >= 0.6 is 0 Å². The fourth-order valence-corrected chi connectivity index (χ4v) is 0.748. The molecule has 0 bridgehead atoms. The second-order valence-corrected chi connectivity index (χ2v) is 2.43. The summed E-state index contributed by atoms with van der Waals surface area (Å²) in [5.74, 6) is 0. The molecule has 2 atom stereocenters. The smallest absolute Gasteiger partial charge is 0.118 e. The molecule has 0 aromatic carbocycles. The molecule has 0 N–H and O–H groups in total. The summed E-state index contributed by atoms with van der Waals surface area (Å²) in [6, 6.07) is -0.109. The fraction of sp³-hybridized carbons (Fsp3) is 0.571. The first-order valence-corrected chi connectivity index (χ1v) is 3.33. The van der Waals surface area contributed by atoms with Gasteiger partial charge in [0.2, 0.25) is 0 Å². The van der Waals surface area contributed by atoms with Crippen molar-refractivity contribution in [1.29, 1.82) is 0 Å². The van der Waals surface area contributed by atoms with E-state index in [1.54, 1.807) is 30.2 Å². The van der Waals surface area contributed by atoms with Crippen LogP contribution in [-0.4, -0.2) is 15.7 Å². The third kappa shape index (κ3) is 1.35. The number of nitrogens with zero attached hydrogens (tertiary/aromatic N) is 2. The van der Waals surface area contributed by atoms with Gasteiger partial charge in [-0.25, -0.2) is 9.37 Å². The van der Waals surface area contributed by atoms with Crippen molar-refractivity contribution in [1.82, 2.24) is 9.55 Å². The number of rotatable bonds is 2. The number of aromatic nitrogens is 2. The first-order chi connectivity index (χ1) is 4.72. The van der Waals surface area contributed by atoms with E-state index in [1.165, 1.54) is 0 Å². The van der Waals surface area contributed by atoms with E-state index in [9.17, 15) is 4.39 Å². The molecule has 1 aromatic heterocycles. The highest BCUT2D eigenvalue weighted by Crippen LogP contribution is 2.11. The van der Waals surface area contributed by atoms with Gasteiger partial charge in [0.05, 0.1) is 12.4 Å². The van der Waals surface area contributed by atoms with E-state index in [2.05, 4.69) is 4.98 Å². The van der Waals surface area contributed by atoms with Crippen molar-refractivity contribution in [2.24, 2.45) is 0 Å². The Bertz CT molecular complexity index is 181. The number of halogens is 1. The minimum absolute atomic E-state index is 0.109. The number of imidazole rings is 1. The van der Waals surface area contributed by atoms with Gasteiger partial charge in [-0.15, -0.1) is 0 Å². The highest BCUT2D eigenvalue weighted by molar-refractivity contribution is 4.80. The average Bonchev–Trinajstić information content (AvgIpc) is 2.36. The highest BCUT2D eigenvalue weighted by Gasteiger charge is 2.10. The lowest BCUT2D eigenvalue weighted by molar-refractivity contribution is 0.264. The maximum atomic E-state index is 12.6. The van der Waals surface area contributed by atoms with Crippen molar-refractivity contribution >= 4 is 0 Å². The van der Waals surface area contributed by atoms with Gasteiger partial charge in [-0.3, -0.25) is 0 Å². The molecular formula is C7H11FN2. The third-order valence-electron chi connectivity index (χ3n) is 1.66. The molecule has 0 amide bonds. The van der Waals surface area contributed by atoms with Gasteiger partial charge >= 0.3 is 0 Å². The van der Waals surface area contributed by atoms with Crippen molar-refractivity contribution in [3.05, 3.63) is 18.7 Å². The topological polar surface area (TPSA) is 17.8 Å². The largest absolute Gasteiger partial charge is 0.332 e. The van der Waals surface area contributed by atoms with Gasteiger partial charge in [0, 0.05) is 12.4 Å². The molecule has 2 nitrogen and oxygen atoms in total. The van der Waals surface area contributed by atoms with Crippen molar-refractivity contribution in [2.45, 2.75) is 26.1 Å². The number of hydrogen-bond acceptors (Lipinski definition) is 1. The molecule has 0 aliphatic heterocycles. The highest BCUT2D eigenvalue weighted by atomic mass is 19.1. The van der Waals surface area contributed by atoms with Crippen LogP contribution < -0.4 is 0 Å². The summed E-state index contributed by atoms with van der Waals surface area (Å²) < 4.78 is 14.4. The van der Waals surface area contributed by atoms with Crippen molar-refractivity contribution in [2.75, 3.05) is 0 Å². The van der Waals surface area contributed by atoms with Crippen LogP contribution in [0.25, 0.3) is 0 Å². The molecule has 0 saturated carbocycles. The van der Waals surface area contributed by atoms with E-state index in [0.717, 1.165) is 0 Å². The van der Waals surface area contributed by atoms with E-state index in [1.807, 2.05) is 6.92 Å². The summed E-state index contributed by atoms with van der Waals surface area (Å²) in [7, 11) is 0. The average molecular weight is 142 g/mol. The van der Waals surface area contributed by atoms with Crippen LogP contribution in [-0.2, 0) is 0 Å². The molecule has 0 fully saturated rings. The van der Waals surface area contributed by atoms with Gasteiger partial charge in [0.25, 0.3) is 0 Å². The maximum absolute atomic E-state index is 12.6. The summed E-state index contributed by atoms with van der Waals surface area (Å²) in [4.78, 5) is 3.82. The Morgan fingerprint density at radius 1 is 1.50 bits per heavy atom. The van der Waals surface area contributed by atoms with E-state index >= 15 is 0 Å².